The molecule has 0 saturated heterocycles. The topological polar surface area (TPSA) is 88.7 Å². The van der Waals surface area contributed by atoms with Gasteiger partial charge in [-0.3, -0.25) is 9.59 Å². The molecule has 0 aliphatic rings. The van der Waals surface area contributed by atoms with E-state index in [2.05, 4.69) is 16.0 Å². The lowest BCUT2D eigenvalue weighted by molar-refractivity contribution is -0.114. The highest BCUT2D eigenvalue weighted by Crippen LogP contribution is 2.17. The summed E-state index contributed by atoms with van der Waals surface area (Å²) in [5.41, 5.74) is 1.96. The van der Waals surface area contributed by atoms with Gasteiger partial charge in [-0.2, -0.15) is 0 Å². The van der Waals surface area contributed by atoms with Crippen molar-refractivity contribution in [3.05, 3.63) is 84.4 Å². The molecule has 0 heterocycles. The van der Waals surface area contributed by atoms with Gasteiger partial charge in [0.15, 0.2) is 0 Å². The highest BCUT2D eigenvalue weighted by atomic mass is 16.5. The Morgan fingerprint density at radius 3 is 2.21 bits per heavy atom. The summed E-state index contributed by atoms with van der Waals surface area (Å²) in [6.45, 7) is 3.57. The number of hydrogen-bond acceptors (Lipinski definition) is 5. The first-order chi connectivity index (χ1) is 16.1. The van der Waals surface area contributed by atoms with Gasteiger partial charge in [0, 0.05) is 29.5 Å². The van der Waals surface area contributed by atoms with Crippen LogP contribution in [-0.2, 0) is 4.79 Å². The molecular formula is C26H29N3O4. The maximum atomic E-state index is 12.3. The summed E-state index contributed by atoms with van der Waals surface area (Å²) in [5.74, 6) is 1.18. The highest BCUT2D eigenvalue weighted by Gasteiger charge is 2.07. The van der Waals surface area contributed by atoms with Crippen LogP contribution in [0.25, 0.3) is 0 Å². The minimum Gasteiger partial charge on any atom is -0.490 e. The predicted octanol–water partition coefficient (Wildman–Crippen LogP) is 4.33. The number of carbonyl (C=O) groups is 2. The second kappa shape index (κ2) is 12.8. The lowest BCUT2D eigenvalue weighted by Gasteiger charge is -2.11. The lowest BCUT2D eigenvalue weighted by Crippen LogP contribution is -2.24. The lowest BCUT2D eigenvalue weighted by atomic mass is 10.2. The van der Waals surface area contributed by atoms with Crippen LogP contribution in [0.15, 0.2) is 78.9 Å². The van der Waals surface area contributed by atoms with Gasteiger partial charge in [-0.1, -0.05) is 31.2 Å². The van der Waals surface area contributed by atoms with Gasteiger partial charge in [0.2, 0.25) is 5.91 Å². The molecule has 0 saturated carbocycles. The zero-order valence-corrected chi connectivity index (χ0v) is 18.7. The van der Waals surface area contributed by atoms with E-state index in [0.717, 1.165) is 17.9 Å². The zero-order valence-electron chi connectivity index (χ0n) is 18.7. The van der Waals surface area contributed by atoms with E-state index >= 15 is 0 Å². The van der Waals surface area contributed by atoms with E-state index in [1.54, 1.807) is 24.3 Å². The second-order valence-electron chi connectivity index (χ2n) is 7.27. The number of anilines is 2. The number of nitrogens with one attached hydrogen (secondary N) is 3. The largest absolute Gasteiger partial charge is 0.490 e. The molecule has 3 aromatic carbocycles. The fraction of sp³-hybridized carbons (Fsp3) is 0.231. The van der Waals surface area contributed by atoms with Gasteiger partial charge in [-0.15, -0.1) is 0 Å². The van der Waals surface area contributed by atoms with E-state index in [4.69, 9.17) is 9.47 Å². The third-order valence-electron chi connectivity index (χ3n) is 4.62. The van der Waals surface area contributed by atoms with E-state index in [1.807, 2.05) is 61.5 Å². The molecule has 0 bridgehead atoms. The highest BCUT2D eigenvalue weighted by molar-refractivity contribution is 5.96. The third kappa shape index (κ3) is 8.22. The summed E-state index contributed by atoms with van der Waals surface area (Å²) in [6.07, 6.45) is 0.880. The Balaban J connectivity index is 1.40. The van der Waals surface area contributed by atoms with Gasteiger partial charge in [0.1, 0.15) is 24.7 Å². The van der Waals surface area contributed by atoms with Crippen LogP contribution in [0.4, 0.5) is 11.4 Å². The molecule has 7 heteroatoms. The van der Waals surface area contributed by atoms with Crippen molar-refractivity contribution in [2.45, 2.75) is 13.3 Å². The molecule has 0 aliphatic heterocycles. The van der Waals surface area contributed by atoms with Gasteiger partial charge in [-0.05, 0) is 55.0 Å². The Labute approximate surface area is 194 Å². The van der Waals surface area contributed by atoms with Crippen LogP contribution in [0, 0.1) is 0 Å². The first-order valence-electron chi connectivity index (χ1n) is 11.0. The van der Waals surface area contributed by atoms with Crippen LogP contribution in [0.1, 0.15) is 23.7 Å². The van der Waals surface area contributed by atoms with Gasteiger partial charge in [-0.25, -0.2) is 0 Å². The van der Waals surface area contributed by atoms with Crippen LogP contribution in [-0.4, -0.2) is 38.1 Å². The van der Waals surface area contributed by atoms with Crippen molar-refractivity contribution in [3.63, 3.8) is 0 Å². The molecule has 0 atom stereocenters. The molecule has 0 fully saturated rings. The normalized spacial score (nSPS) is 10.2. The summed E-state index contributed by atoms with van der Waals surface area (Å²) in [5, 5.41) is 8.72. The minimum atomic E-state index is -0.194. The van der Waals surface area contributed by atoms with Crippen LogP contribution < -0.4 is 25.4 Å². The second-order valence-corrected chi connectivity index (χ2v) is 7.27. The number of benzene rings is 3. The van der Waals surface area contributed by atoms with Gasteiger partial charge in [0.05, 0.1) is 6.54 Å². The molecule has 0 aromatic heterocycles. The first kappa shape index (κ1) is 23.7. The average Bonchev–Trinajstić information content (AvgIpc) is 2.85. The SMILES string of the molecule is CCCNC(=O)c1ccc(NC(=O)CNc2cccc(OCCOc3ccccc3)c2)cc1. The molecule has 0 unspecified atom stereocenters. The van der Waals surface area contributed by atoms with Crippen LogP contribution >= 0.6 is 0 Å². The smallest absolute Gasteiger partial charge is 0.251 e. The molecule has 2 amide bonds. The monoisotopic (exact) mass is 447 g/mol. The number of ether oxygens (including phenoxy) is 2. The Bertz CT molecular complexity index is 1020. The summed E-state index contributed by atoms with van der Waals surface area (Å²) in [6, 6.07) is 23.8. The van der Waals surface area contributed by atoms with Crippen molar-refractivity contribution in [2.75, 3.05) is 36.9 Å². The van der Waals surface area contributed by atoms with Crippen molar-refractivity contribution in [1.29, 1.82) is 0 Å². The maximum Gasteiger partial charge on any atom is 0.251 e. The minimum absolute atomic E-state index is 0.0965. The molecule has 7 nitrogen and oxygen atoms in total. The fourth-order valence-corrected chi connectivity index (χ4v) is 2.96. The quantitative estimate of drug-likeness (QED) is 0.360. The van der Waals surface area contributed by atoms with Crippen LogP contribution in [0.5, 0.6) is 11.5 Å². The fourth-order valence-electron chi connectivity index (χ4n) is 2.96. The summed E-state index contributed by atoms with van der Waals surface area (Å²) in [7, 11) is 0. The Kier molecular flexibility index (Phi) is 9.15. The Morgan fingerprint density at radius 2 is 1.48 bits per heavy atom. The molecule has 33 heavy (non-hydrogen) atoms. The molecule has 3 N–H and O–H groups in total. The van der Waals surface area contributed by atoms with E-state index in [-0.39, 0.29) is 18.4 Å². The number of hydrogen-bond donors (Lipinski definition) is 3. The van der Waals surface area contributed by atoms with Crippen molar-refractivity contribution in [3.8, 4) is 11.5 Å². The van der Waals surface area contributed by atoms with Crippen LogP contribution in [0.3, 0.4) is 0 Å². The van der Waals surface area contributed by atoms with Crippen molar-refractivity contribution < 1.29 is 19.1 Å². The van der Waals surface area contributed by atoms with E-state index < -0.39 is 0 Å². The average molecular weight is 448 g/mol. The Morgan fingerprint density at radius 1 is 0.788 bits per heavy atom. The molecule has 0 radical (unpaired) electrons. The molecular weight excluding hydrogens is 418 g/mol. The van der Waals surface area contributed by atoms with E-state index in [9.17, 15) is 9.59 Å². The molecule has 3 aromatic rings. The summed E-state index contributed by atoms with van der Waals surface area (Å²) < 4.78 is 11.3. The molecule has 0 aliphatic carbocycles. The number of rotatable bonds is 12. The maximum absolute atomic E-state index is 12.3. The number of carbonyl (C=O) groups excluding carboxylic acids is 2. The first-order valence-corrected chi connectivity index (χ1v) is 11.0. The summed E-state index contributed by atoms with van der Waals surface area (Å²) >= 11 is 0. The van der Waals surface area contributed by atoms with Crippen molar-refractivity contribution in [2.24, 2.45) is 0 Å². The Hall–Kier alpha value is -4.00. The number of para-hydroxylation sites is 1. The van der Waals surface area contributed by atoms with Gasteiger partial charge >= 0.3 is 0 Å². The van der Waals surface area contributed by atoms with Gasteiger partial charge < -0.3 is 25.4 Å². The molecule has 172 valence electrons. The number of amides is 2. The van der Waals surface area contributed by atoms with E-state index in [1.165, 1.54) is 0 Å². The predicted molar refractivity (Wildman–Crippen MR) is 130 cm³/mol. The van der Waals surface area contributed by atoms with Crippen molar-refractivity contribution in [1.82, 2.24) is 5.32 Å². The van der Waals surface area contributed by atoms with E-state index in [0.29, 0.717) is 36.8 Å². The summed E-state index contributed by atoms with van der Waals surface area (Å²) in [4.78, 5) is 24.2. The van der Waals surface area contributed by atoms with Gasteiger partial charge in [0.25, 0.3) is 5.91 Å². The standard InChI is InChI=1S/C26H29N3O4/c1-2-15-27-26(31)20-11-13-21(14-12-20)29-25(30)19-28-22-7-6-10-24(18-22)33-17-16-32-23-8-4-3-5-9-23/h3-14,18,28H,2,15-17,19H2,1H3,(H,27,31)(H,29,30). The van der Waals surface area contributed by atoms with Crippen molar-refractivity contribution >= 4 is 23.2 Å². The zero-order chi connectivity index (χ0) is 23.3. The third-order valence-corrected chi connectivity index (χ3v) is 4.62. The molecule has 3 rings (SSSR count). The van der Waals surface area contributed by atoms with Crippen LogP contribution in [0.2, 0.25) is 0 Å². The molecule has 0 spiro atoms.